The molecule has 0 bridgehead atoms. The first kappa shape index (κ1) is 19.4. The van der Waals surface area contributed by atoms with Crippen LogP contribution < -0.4 is 0 Å². The zero-order chi connectivity index (χ0) is 22.6. The minimum absolute atomic E-state index is 0.489. The predicted molar refractivity (Wildman–Crippen MR) is 145 cm³/mol. The lowest BCUT2D eigenvalue weighted by atomic mass is 9.81. The van der Waals surface area contributed by atoms with E-state index in [-0.39, 0.29) is 0 Å². The Balaban J connectivity index is 1.59. The molecule has 0 saturated carbocycles. The molecule has 1 atom stereocenters. The average molecular weight is 436 g/mol. The van der Waals surface area contributed by atoms with Gasteiger partial charge in [-0.1, -0.05) is 91.9 Å². The number of allylic oxidation sites excluding steroid dienone is 1. The van der Waals surface area contributed by atoms with Gasteiger partial charge >= 0.3 is 0 Å². The summed E-state index contributed by atoms with van der Waals surface area (Å²) in [5.74, 6) is 0.489. The molecule has 6 aromatic rings. The van der Waals surface area contributed by atoms with Gasteiger partial charge in [0.25, 0.3) is 0 Å². The number of aromatic nitrogens is 1. The molecule has 162 valence electrons. The van der Waals surface area contributed by atoms with Crippen LogP contribution in [-0.4, -0.2) is 4.57 Å². The van der Waals surface area contributed by atoms with E-state index in [1.54, 1.807) is 0 Å². The van der Waals surface area contributed by atoms with E-state index in [1.165, 1.54) is 60.5 Å². The van der Waals surface area contributed by atoms with Gasteiger partial charge in [0.15, 0.2) is 0 Å². The Morgan fingerprint density at radius 3 is 2.24 bits per heavy atom. The molecule has 1 heteroatoms. The first-order chi connectivity index (χ1) is 16.8. The van der Waals surface area contributed by atoms with E-state index >= 15 is 0 Å². The van der Waals surface area contributed by atoms with E-state index < -0.39 is 0 Å². The van der Waals surface area contributed by atoms with Crippen LogP contribution in [0.15, 0.2) is 109 Å². The van der Waals surface area contributed by atoms with E-state index in [0.29, 0.717) is 5.92 Å². The fourth-order valence-electron chi connectivity index (χ4n) is 5.81. The largest absolute Gasteiger partial charge is 0.309 e. The SMILES string of the molecule is CC1Cc2cc3c(cc2C=C1c1ccccc1)c1c2ccccc2ccc1n3-c1ccccc1. The van der Waals surface area contributed by atoms with E-state index in [1.807, 2.05) is 0 Å². The lowest BCUT2D eigenvalue weighted by molar-refractivity contribution is 0.738. The highest BCUT2D eigenvalue weighted by Gasteiger charge is 2.22. The molecule has 0 radical (unpaired) electrons. The van der Waals surface area contributed by atoms with Gasteiger partial charge in [-0.05, 0) is 75.7 Å². The van der Waals surface area contributed by atoms with Crippen molar-refractivity contribution in [3.63, 3.8) is 0 Å². The highest BCUT2D eigenvalue weighted by atomic mass is 15.0. The summed E-state index contributed by atoms with van der Waals surface area (Å²) >= 11 is 0. The molecule has 1 nitrogen and oxygen atoms in total. The van der Waals surface area contributed by atoms with Crippen molar-refractivity contribution in [3.8, 4) is 5.69 Å². The fraction of sp³-hybridized carbons (Fsp3) is 0.0909. The number of hydrogen-bond acceptors (Lipinski definition) is 0. The zero-order valence-corrected chi connectivity index (χ0v) is 19.2. The van der Waals surface area contributed by atoms with Crippen molar-refractivity contribution in [3.05, 3.63) is 126 Å². The van der Waals surface area contributed by atoms with Crippen LogP contribution in [0.2, 0.25) is 0 Å². The normalized spacial score (nSPS) is 15.6. The molecule has 0 spiro atoms. The van der Waals surface area contributed by atoms with Crippen molar-refractivity contribution in [2.45, 2.75) is 13.3 Å². The van der Waals surface area contributed by atoms with Gasteiger partial charge < -0.3 is 4.57 Å². The summed E-state index contributed by atoms with van der Waals surface area (Å²) < 4.78 is 2.44. The van der Waals surface area contributed by atoms with Crippen LogP contribution in [0.4, 0.5) is 0 Å². The molecular weight excluding hydrogens is 410 g/mol. The first-order valence-electron chi connectivity index (χ1n) is 12.1. The molecule has 5 aromatic carbocycles. The highest BCUT2D eigenvalue weighted by Crippen LogP contribution is 2.41. The monoisotopic (exact) mass is 435 g/mol. The standard InChI is InChI=1S/C33H25N/c1-22-18-25-21-32-30(20-26(25)19-29(22)23-10-4-2-5-11-23)33-28-15-9-8-12-24(28)16-17-31(33)34(32)27-13-6-3-7-14-27/h2-17,19-22H,18H2,1H3. The maximum Gasteiger partial charge on any atom is 0.0547 e. The Morgan fingerprint density at radius 2 is 1.41 bits per heavy atom. The molecule has 1 heterocycles. The Bertz CT molecular complexity index is 1720. The molecule has 34 heavy (non-hydrogen) atoms. The number of nitrogens with zero attached hydrogens (tertiary/aromatic N) is 1. The molecule has 1 aromatic heterocycles. The Hall–Kier alpha value is -4.10. The molecule has 0 saturated heterocycles. The second-order valence-corrected chi connectivity index (χ2v) is 9.49. The van der Waals surface area contributed by atoms with Crippen molar-refractivity contribution in [1.82, 2.24) is 4.57 Å². The summed E-state index contributed by atoms with van der Waals surface area (Å²) in [7, 11) is 0. The van der Waals surface area contributed by atoms with Gasteiger partial charge in [0, 0.05) is 16.5 Å². The van der Waals surface area contributed by atoms with Crippen LogP contribution in [0.3, 0.4) is 0 Å². The Kier molecular flexibility index (Phi) is 4.25. The number of rotatable bonds is 2. The molecule has 7 rings (SSSR count). The third-order valence-corrected chi connectivity index (χ3v) is 7.41. The van der Waals surface area contributed by atoms with Crippen LogP contribution in [0, 0.1) is 5.92 Å². The lowest BCUT2D eigenvalue weighted by Gasteiger charge is -2.24. The molecule has 0 amide bonds. The number of benzene rings is 5. The topological polar surface area (TPSA) is 4.93 Å². The quantitative estimate of drug-likeness (QED) is 0.256. The van der Waals surface area contributed by atoms with E-state index in [9.17, 15) is 0 Å². The molecule has 0 fully saturated rings. The van der Waals surface area contributed by atoms with Crippen molar-refractivity contribution in [2.75, 3.05) is 0 Å². The van der Waals surface area contributed by atoms with Crippen molar-refractivity contribution in [2.24, 2.45) is 5.92 Å². The second kappa shape index (κ2) is 7.46. The second-order valence-electron chi connectivity index (χ2n) is 9.49. The first-order valence-corrected chi connectivity index (χ1v) is 12.1. The number of para-hydroxylation sites is 1. The lowest BCUT2D eigenvalue weighted by Crippen LogP contribution is -2.09. The minimum Gasteiger partial charge on any atom is -0.309 e. The van der Waals surface area contributed by atoms with Crippen LogP contribution in [0.5, 0.6) is 0 Å². The highest BCUT2D eigenvalue weighted by molar-refractivity contribution is 6.21. The summed E-state index contributed by atoms with van der Waals surface area (Å²) in [4.78, 5) is 0. The third-order valence-electron chi connectivity index (χ3n) is 7.41. The molecule has 0 aliphatic heterocycles. The molecular formula is C33H25N. The van der Waals surface area contributed by atoms with Crippen LogP contribution in [0.1, 0.15) is 23.6 Å². The molecule has 0 N–H and O–H groups in total. The van der Waals surface area contributed by atoms with Gasteiger partial charge in [0.2, 0.25) is 0 Å². The van der Waals surface area contributed by atoms with Crippen LogP contribution >= 0.6 is 0 Å². The van der Waals surface area contributed by atoms with Crippen molar-refractivity contribution < 1.29 is 0 Å². The zero-order valence-electron chi connectivity index (χ0n) is 19.2. The van der Waals surface area contributed by atoms with E-state index in [0.717, 1.165) is 6.42 Å². The average Bonchev–Trinajstić information content (AvgIpc) is 3.21. The minimum atomic E-state index is 0.489. The molecule has 1 aliphatic rings. The van der Waals surface area contributed by atoms with Gasteiger partial charge in [-0.3, -0.25) is 0 Å². The maximum absolute atomic E-state index is 2.45. The summed E-state index contributed by atoms with van der Waals surface area (Å²) in [6.45, 7) is 2.35. The van der Waals surface area contributed by atoms with Crippen molar-refractivity contribution in [1.29, 1.82) is 0 Å². The van der Waals surface area contributed by atoms with Gasteiger partial charge in [-0.15, -0.1) is 0 Å². The third kappa shape index (κ3) is 2.87. The summed E-state index contributed by atoms with van der Waals surface area (Å²) in [5.41, 5.74) is 9.32. The van der Waals surface area contributed by atoms with Crippen LogP contribution in [0.25, 0.3) is 49.9 Å². The Labute approximate surface area is 199 Å². The summed E-state index contributed by atoms with van der Waals surface area (Å²) in [5, 5.41) is 5.27. The van der Waals surface area contributed by atoms with E-state index in [4.69, 9.17) is 0 Å². The maximum atomic E-state index is 2.45. The van der Waals surface area contributed by atoms with Gasteiger partial charge in [-0.25, -0.2) is 0 Å². The Morgan fingerprint density at radius 1 is 0.676 bits per heavy atom. The van der Waals surface area contributed by atoms with Gasteiger partial charge in [0.05, 0.1) is 11.0 Å². The molecule has 1 aliphatic carbocycles. The van der Waals surface area contributed by atoms with E-state index in [2.05, 4.69) is 127 Å². The summed E-state index contributed by atoms with van der Waals surface area (Å²) in [6.07, 6.45) is 3.48. The van der Waals surface area contributed by atoms with Crippen LogP contribution in [-0.2, 0) is 6.42 Å². The van der Waals surface area contributed by atoms with Gasteiger partial charge in [-0.2, -0.15) is 0 Å². The molecule has 1 unspecified atom stereocenters. The number of fused-ring (bicyclic) bond motifs is 6. The van der Waals surface area contributed by atoms with Crippen molar-refractivity contribution >= 4 is 44.2 Å². The number of hydrogen-bond donors (Lipinski definition) is 0. The fourth-order valence-corrected chi connectivity index (χ4v) is 5.81. The summed E-state index contributed by atoms with van der Waals surface area (Å²) in [6, 6.07) is 39.8. The smallest absolute Gasteiger partial charge is 0.0547 e. The predicted octanol–water partition coefficient (Wildman–Crippen LogP) is 8.67. The van der Waals surface area contributed by atoms with Gasteiger partial charge in [0.1, 0.15) is 0 Å².